The summed E-state index contributed by atoms with van der Waals surface area (Å²) in [6.45, 7) is 0.363. The molecule has 0 spiro atoms. The van der Waals surface area contributed by atoms with Gasteiger partial charge in [0.05, 0.1) is 0 Å². The first-order valence-electron chi connectivity index (χ1n) is 8.80. The van der Waals surface area contributed by atoms with Gasteiger partial charge in [-0.1, -0.05) is 41.7 Å². The van der Waals surface area contributed by atoms with Crippen LogP contribution < -0.4 is 10.6 Å². The highest BCUT2D eigenvalue weighted by molar-refractivity contribution is 7.13. The minimum atomic E-state index is -0.302. The van der Waals surface area contributed by atoms with E-state index in [1.807, 2.05) is 18.2 Å². The van der Waals surface area contributed by atoms with Gasteiger partial charge in [-0.15, -0.1) is 10.2 Å². The monoisotopic (exact) mass is 398 g/mol. The van der Waals surface area contributed by atoms with Gasteiger partial charge in [-0.25, -0.2) is 4.39 Å². The Morgan fingerprint density at radius 1 is 1.00 bits per heavy atom. The number of nitrogens with one attached hydrogen (secondary N) is 2. The zero-order chi connectivity index (χ0) is 19.8. The van der Waals surface area contributed by atoms with E-state index in [2.05, 4.69) is 20.8 Å². The van der Waals surface area contributed by atoms with E-state index in [0.717, 1.165) is 5.56 Å². The van der Waals surface area contributed by atoms with Crippen LogP contribution in [0.3, 0.4) is 0 Å². The van der Waals surface area contributed by atoms with Crippen molar-refractivity contribution in [3.63, 3.8) is 0 Å². The molecule has 0 bridgehead atoms. The number of halogens is 1. The van der Waals surface area contributed by atoms with Crippen molar-refractivity contribution in [3.05, 3.63) is 76.0 Å². The fourth-order valence-corrected chi connectivity index (χ4v) is 3.22. The maximum absolute atomic E-state index is 12.9. The Labute approximate surface area is 165 Å². The van der Waals surface area contributed by atoms with Crippen molar-refractivity contribution < 1.29 is 14.0 Å². The standard InChI is InChI=1S/C20H19FN4O2S/c21-15-11-9-14(10-12-15)13-22-17(26)7-4-8-18-24-25-20(28-18)19(27)23-16-5-2-1-3-6-16/h1-3,5-6,9-12H,4,7-8,13H2,(H,22,26)(H,23,27). The molecule has 1 aromatic heterocycles. The summed E-state index contributed by atoms with van der Waals surface area (Å²) in [5, 5.41) is 14.5. The highest BCUT2D eigenvalue weighted by Gasteiger charge is 2.13. The van der Waals surface area contributed by atoms with Gasteiger partial charge in [0.25, 0.3) is 5.91 Å². The van der Waals surface area contributed by atoms with E-state index < -0.39 is 0 Å². The zero-order valence-electron chi connectivity index (χ0n) is 15.0. The van der Waals surface area contributed by atoms with E-state index in [-0.39, 0.29) is 17.6 Å². The molecular formula is C20H19FN4O2S. The number of hydrogen-bond donors (Lipinski definition) is 2. The number of rotatable bonds is 8. The quantitative estimate of drug-likeness (QED) is 0.608. The molecule has 0 saturated heterocycles. The number of nitrogens with zero attached hydrogens (tertiary/aromatic N) is 2. The van der Waals surface area contributed by atoms with E-state index in [1.54, 1.807) is 24.3 Å². The predicted octanol–water partition coefficient (Wildman–Crippen LogP) is 3.57. The molecule has 0 radical (unpaired) electrons. The zero-order valence-corrected chi connectivity index (χ0v) is 15.8. The lowest BCUT2D eigenvalue weighted by atomic mass is 10.2. The highest BCUT2D eigenvalue weighted by Crippen LogP contribution is 2.15. The number of para-hydroxylation sites is 1. The molecule has 144 valence electrons. The molecule has 0 atom stereocenters. The number of hydrogen-bond acceptors (Lipinski definition) is 5. The molecule has 3 rings (SSSR count). The Kier molecular flexibility index (Phi) is 6.80. The third-order valence-corrected chi connectivity index (χ3v) is 4.87. The average Bonchev–Trinajstić information content (AvgIpc) is 3.17. The van der Waals surface area contributed by atoms with Crippen LogP contribution in [-0.4, -0.2) is 22.0 Å². The summed E-state index contributed by atoms with van der Waals surface area (Å²) in [5.41, 5.74) is 1.54. The van der Waals surface area contributed by atoms with E-state index in [1.165, 1.54) is 23.5 Å². The van der Waals surface area contributed by atoms with Crippen molar-refractivity contribution in [2.24, 2.45) is 0 Å². The molecule has 28 heavy (non-hydrogen) atoms. The Balaban J connectivity index is 1.39. The molecular weight excluding hydrogens is 379 g/mol. The Morgan fingerprint density at radius 2 is 1.75 bits per heavy atom. The van der Waals surface area contributed by atoms with Crippen LogP contribution in [0.1, 0.15) is 33.2 Å². The minimum absolute atomic E-state index is 0.0871. The number of aryl methyl sites for hydroxylation is 1. The summed E-state index contributed by atoms with van der Waals surface area (Å²) >= 11 is 1.22. The maximum Gasteiger partial charge on any atom is 0.286 e. The number of amides is 2. The van der Waals surface area contributed by atoms with Crippen LogP contribution in [0.15, 0.2) is 54.6 Å². The van der Waals surface area contributed by atoms with Crippen LogP contribution in [0.4, 0.5) is 10.1 Å². The van der Waals surface area contributed by atoms with Gasteiger partial charge in [0.2, 0.25) is 10.9 Å². The molecule has 0 aliphatic heterocycles. The van der Waals surface area contributed by atoms with Gasteiger partial charge >= 0.3 is 0 Å². The number of aromatic nitrogens is 2. The Morgan fingerprint density at radius 3 is 2.50 bits per heavy atom. The van der Waals surface area contributed by atoms with Gasteiger partial charge in [0.1, 0.15) is 10.8 Å². The summed E-state index contributed by atoms with van der Waals surface area (Å²) in [5.74, 6) is -0.688. The van der Waals surface area contributed by atoms with Crippen LogP contribution in [0, 0.1) is 5.82 Å². The molecule has 0 aliphatic carbocycles. The summed E-state index contributed by atoms with van der Waals surface area (Å²) in [6, 6.07) is 15.1. The average molecular weight is 398 g/mol. The lowest BCUT2D eigenvalue weighted by molar-refractivity contribution is -0.121. The molecule has 3 aromatic rings. The van der Waals surface area contributed by atoms with Gasteiger partial charge in [0.15, 0.2) is 0 Å². The van der Waals surface area contributed by atoms with Crippen LogP contribution in [0.5, 0.6) is 0 Å². The smallest absolute Gasteiger partial charge is 0.286 e. The summed E-state index contributed by atoms with van der Waals surface area (Å²) < 4.78 is 12.9. The number of benzene rings is 2. The van der Waals surface area contributed by atoms with Gasteiger partial charge in [-0.05, 0) is 36.2 Å². The van der Waals surface area contributed by atoms with E-state index in [4.69, 9.17) is 0 Å². The summed E-state index contributed by atoms with van der Waals surface area (Å²) in [7, 11) is 0. The molecule has 8 heteroatoms. The van der Waals surface area contributed by atoms with Crippen molar-refractivity contribution in [3.8, 4) is 0 Å². The third kappa shape index (κ3) is 5.95. The van der Waals surface area contributed by atoms with Gasteiger partial charge in [0, 0.05) is 25.1 Å². The van der Waals surface area contributed by atoms with Gasteiger partial charge < -0.3 is 10.6 Å². The fourth-order valence-electron chi connectivity index (χ4n) is 2.44. The third-order valence-electron chi connectivity index (χ3n) is 3.89. The lowest BCUT2D eigenvalue weighted by Gasteiger charge is -2.04. The normalized spacial score (nSPS) is 10.5. The molecule has 0 unspecified atom stereocenters. The first-order chi connectivity index (χ1) is 13.6. The number of carbonyl (C=O) groups excluding carboxylic acids is 2. The topological polar surface area (TPSA) is 84.0 Å². The molecule has 1 heterocycles. The van der Waals surface area contributed by atoms with Crippen molar-refractivity contribution in [1.82, 2.24) is 15.5 Å². The first-order valence-corrected chi connectivity index (χ1v) is 9.62. The van der Waals surface area contributed by atoms with Crippen molar-refractivity contribution in [1.29, 1.82) is 0 Å². The Hall–Kier alpha value is -3.13. The SMILES string of the molecule is O=C(CCCc1nnc(C(=O)Nc2ccccc2)s1)NCc1ccc(F)cc1. The second-order valence-corrected chi connectivity index (χ2v) is 7.14. The van der Waals surface area contributed by atoms with E-state index >= 15 is 0 Å². The highest BCUT2D eigenvalue weighted by atomic mass is 32.1. The molecule has 0 fully saturated rings. The lowest BCUT2D eigenvalue weighted by Crippen LogP contribution is -2.22. The van der Waals surface area contributed by atoms with Crippen LogP contribution >= 0.6 is 11.3 Å². The molecule has 0 aliphatic rings. The second kappa shape index (κ2) is 9.70. The summed E-state index contributed by atoms with van der Waals surface area (Å²) in [6.07, 6.45) is 1.51. The second-order valence-electron chi connectivity index (χ2n) is 6.08. The van der Waals surface area contributed by atoms with Crippen molar-refractivity contribution in [2.45, 2.75) is 25.8 Å². The molecule has 2 amide bonds. The first kappa shape index (κ1) is 19.6. The van der Waals surface area contributed by atoms with Crippen molar-refractivity contribution in [2.75, 3.05) is 5.32 Å². The molecule has 2 aromatic carbocycles. The fraction of sp³-hybridized carbons (Fsp3) is 0.200. The van der Waals surface area contributed by atoms with Gasteiger partial charge in [-0.2, -0.15) is 0 Å². The predicted molar refractivity (Wildman–Crippen MR) is 105 cm³/mol. The van der Waals surface area contributed by atoms with Crippen molar-refractivity contribution >= 4 is 28.8 Å². The number of carbonyl (C=O) groups is 2. The van der Waals surface area contributed by atoms with Gasteiger partial charge in [-0.3, -0.25) is 9.59 Å². The van der Waals surface area contributed by atoms with Crippen LogP contribution in [0.2, 0.25) is 0 Å². The largest absolute Gasteiger partial charge is 0.352 e. The van der Waals surface area contributed by atoms with Crippen LogP contribution in [-0.2, 0) is 17.8 Å². The molecule has 2 N–H and O–H groups in total. The summed E-state index contributed by atoms with van der Waals surface area (Å²) in [4.78, 5) is 24.1. The maximum atomic E-state index is 12.9. The molecule has 6 nitrogen and oxygen atoms in total. The van der Waals surface area contributed by atoms with E-state index in [9.17, 15) is 14.0 Å². The molecule has 0 saturated carbocycles. The Bertz CT molecular complexity index is 929. The minimum Gasteiger partial charge on any atom is -0.352 e. The van der Waals surface area contributed by atoms with E-state index in [0.29, 0.717) is 41.5 Å². The number of anilines is 1. The van der Waals surface area contributed by atoms with Crippen LogP contribution in [0.25, 0.3) is 0 Å².